The Morgan fingerprint density at radius 1 is 1.45 bits per heavy atom. The summed E-state index contributed by atoms with van der Waals surface area (Å²) in [6.45, 7) is 2.77. The van der Waals surface area contributed by atoms with Gasteiger partial charge < -0.3 is 15.7 Å². The van der Waals surface area contributed by atoms with Gasteiger partial charge in [-0.25, -0.2) is 4.98 Å². The predicted molar refractivity (Wildman–Crippen MR) is 74.8 cm³/mol. The van der Waals surface area contributed by atoms with Gasteiger partial charge in [0, 0.05) is 13.1 Å². The molecule has 110 valence electrons. The molecular weight excluding hydrogens is 262 g/mol. The molecule has 1 heterocycles. The number of rotatable bonds is 6. The Morgan fingerprint density at radius 2 is 2.15 bits per heavy atom. The second kappa shape index (κ2) is 6.00. The molecule has 8 nitrogen and oxygen atoms in total. The van der Waals surface area contributed by atoms with Gasteiger partial charge >= 0.3 is 5.69 Å². The summed E-state index contributed by atoms with van der Waals surface area (Å²) >= 11 is 0. The molecule has 0 radical (unpaired) electrons. The van der Waals surface area contributed by atoms with Crippen molar-refractivity contribution in [3.05, 3.63) is 16.3 Å². The second-order valence-corrected chi connectivity index (χ2v) is 5.00. The number of aliphatic hydroxyl groups is 1. The monoisotopic (exact) mass is 281 g/mol. The van der Waals surface area contributed by atoms with Crippen LogP contribution < -0.4 is 10.6 Å². The third-order valence-corrected chi connectivity index (χ3v) is 3.42. The molecule has 8 heteroatoms. The number of hydrogen-bond acceptors (Lipinski definition) is 7. The van der Waals surface area contributed by atoms with Crippen molar-refractivity contribution in [3.63, 3.8) is 0 Å². The van der Waals surface area contributed by atoms with Crippen molar-refractivity contribution in [3.8, 4) is 0 Å². The fourth-order valence-corrected chi connectivity index (χ4v) is 2.34. The molecule has 0 unspecified atom stereocenters. The first kappa shape index (κ1) is 14.4. The van der Waals surface area contributed by atoms with Gasteiger partial charge in [-0.1, -0.05) is 12.8 Å². The van der Waals surface area contributed by atoms with Crippen molar-refractivity contribution in [1.82, 2.24) is 9.97 Å². The molecule has 1 aromatic heterocycles. The van der Waals surface area contributed by atoms with Gasteiger partial charge in [0.05, 0.1) is 10.5 Å². The van der Waals surface area contributed by atoms with Crippen molar-refractivity contribution < 1.29 is 10.0 Å². The van der Waals surface area contributed by atoms with Crippen molar-refractivity contribution in [2.24, 2.45) is 0 Å². The van der Waals surface area contributed by atoms with E-state index in [-0.39, 0.29) is 18.1 Å². The van der Waals surface area contributed by atoms with Crippen LogP contribution in [0.5, 0.6) is 0 Å². The largest absolute Gasteiger partial charge is 0.388 e. The number of nitrogens with one attached hydrogen (secondary N) is 2. The molecule has 2 rings (SSSR count). The fourth-order valence-electron chi connectivity index (χ4n) is 2.34. The van der Waals surface area contributed by atoms with Gasteiger partial charge in [0.2, 0.25) is 11.8 Å². The molecule has 0 atom stereocenters. The van der Waals surface area contributed by atoms with E-state index in [0.29, 0.717) is 25.3 Å². The van der Waals surface area contributed by atoms with Gasteiger partial charge in [-0.05, 0) is 19.8 Å². The van der Waals surface area contributed by atoms with E-state index in [1.165, 1.54) is 6.20 Å². The highest BCUT2D eigenvalue weighted by molar-refractivity contribution is 5.57. The summed E-state index contributed by atoms with van der Waals surface area (Å²) in [5.74, 6) is 0.472. The van der Waals surface area contributed by atoms with E-state index in [4.69, 9.17) is 0 Å². The summed E-state index contributed by atoms with van der Waals surface area (Å²) in [6, 6.07) is 0. The number of nitrogens with zero attached hydrogens (tertiary/aromatic N) is 3. The summed E-state index contributed by atoms with van der Waals surface area (Å²) in [5, 5.41) is 27.0. The minimum absolute atomic E-state index is 0.140. The standard InChI is InChI=1S/C12H19N5O3/c1-2-13-11-14-7-9(17(19)20)10(16-11)15-8-12(18)5-3-4-6-12/h7,18H,2-6,8H2,1H3,(H2,13,14,15,16). The first-order valence-corrected chi connectivity index (χ1v) is 6.75. The fraction of sp³-hybridized carbons (Fsp3) is 0.667. The van der Waals surface area contributed by atoms with Gasteiger partial charge in [0.25, 0.3) is 0 Å². The van der Waals surface area contributed by atoms with E-state index in [9.17, 15) is 15.2 Å². The Bertz CT molecular complexity index is 488. The topological polar surface area (TPSA) is 113 Å². The molecule has 1 aliphatic rings. The number of anilines is 2. The van der Waals surface area contributed by atoms with Crippen LogP contribution in [0, 0.1) is 10.1 Å². The zero-order chi connectivity index (χ0) is 14.6. The zero-order valence-corrected chi connectivity index (χ0v) is 11.4. The lowest BCUT2D eigenvalue weighted by atomic mass is 10.0. The normalized spacial score (nSPS) is 16.9. The Balaban J connectivity index is 2.14. The summed E-state index contributed by atoms with van der Waals surface area (Å²) in [7, 11) is 0. The third-order valence-electron chi connectivity index (χ3n) is 3.42. The van der Waals surface area contributed by atoms with Gasteiger partial charge in [0.1, 0.15) is 6.20 Å². The smallest absolute Gasteiger partial charge is 0.329 e. The van der Waals surface area contributed by atoms with E-state index in [2.05, 4.69) is 20.6 Å². The Morgan fingerprint density at radius 3 is 2.75 bits per heavy atom. The molecule has 1 fully saturated rings. The average Bonchev–Trinajstić information content (AvgIpc) is 2.84. The molecule has 1 saturated carbocycles. The van der Waals surface area contributed by atoms with Gasteiger partial charge in [-0.15, -0.1) is 0 Å². The minimum Gasteiger partial charge on any atom is -0.388 e. The van der Waals surface area contributed by atoms with Crippen LogP contribution >= 0.6 is 0 Å². The Labute approximate surface area is 116 Å². The predicted octanol–water partition coefficient (Wildman–Crippen LogP) is 1.53. The zero-order valence-electron chi connectivity index (χ0n) is 11.4. The molecule has 1 aromatic rings. The van der Waals surface area contributed by atoms with Crippen molar-refractivity contribution >= 4 is 17.5 Å². The van der Waals surface area contributed by atoms with Crippen molar-refractivity contribution in [1.29, 1.82) is 0 Å². The molecule has 3 N–H and O–H groups in total. The van der Waals surface area contributed by atoms with E-state index in [1.807, 2.05) is 6.92 Å². The van der Waals surface area contributed by atoms with Gasteiger partial charge in [-0.3, -0.25) is 10.1 Å². The summed E-state index contributed by atoms with van der Waals surface area (Å²) in [4.78, 5) is 18.4. The summed E-state index contributed by atoms with van der Waals surface area (Å²) in [6.07, 6.45) is 4.54. The van der Waals surface area contributed by atoms with Crippen LogP contribution in [0.15, 0.2) is 6.20 Å². The molecule has 1 aliphatic carbocycles. The first-order chi connectivity index (χ1) is 9.54. The Hall–Kier alpha value is -1.96. The van der Waals surface area contributed by atoms with E-state index in [0.717, 1.165) is 12.8 Å². The molecule has 0 saturated heterocycles. The third kappa shape index (κ3) is 3.32. The molecule has 0 aliphatic heterocycles. The lowest BCUT2D eigenvalue weighted by molar-refractivity contribution is -0.384. The van der Waals surface area contributed by atoms with Crippen LogP contribution in [0.2, 0.25) is 0 Å². The van der Waals surface area contributed by atoms with Crippen LogP contribution in [0.1, 0.15) is 32.6 Å². The second-order valence-electron chi connectivity index (χ2n) is 5.00. The average molecular weight is 281 g/mol. The highest BCUT2D eigenvalue weighted by Gasteiger charge is 2.31. The van der Waals surface area contributed by atoms with E-state index < -0.39 is 10.5 Å². The quantitative estimate of drug-likeness (QED) is 0.535. The van der Waals surface area contributed by atoms with Crippen LogP contribution in [-0.2, 0) is 0 Å². The number of nitro groups is 1. The maximum atomic E-state index is 11.0. The molecule has 0 amide bonds. The summed E-state index contributed by atoms with van der Waals surface area (Å²) < 4.78 is 0. The SMILES string of the molecule is CCNc1ncc([N+](=O)[O-])c(NCC2(O)CCCC2)n1. The summed E-state index contributed by atoms with van der Waals surface area (Å²) in [5.41, 5.74) is -0.981. The highest BCUT2D eigenvalue weighted by Crippen LogP contribution is 2.30. The van der Waals surface area contributed by atoms with Crippen molar-refractivity contribution in [2.45, 2.75) is 38.2 Å². The Kier molecular flexibility index (Phi) is 4.33. The van der Waals surface area contributed by atoms with Crippen LogP contribution in [0.4, 0.5) is 17.5 Å². The maximum Gasteiger partial charge on any atom is 0.329 e. The molecular formula is C12H19N5O3. The highest BCUT2D eigenvalue weighted by atomic mass is 16.6. The van der Waals surface area contributed by atoms with Gasteiger partial charge in [0.15, 0.2) is 0 Å². The lowest BCUT2D eigenvalue weighted by Crippen LogP contribution is -2.33. The number of aromatic nitrogens is 2. The molecule has 0 bridgehead atoms. The lowest BCUT2D eigenvalue weighted by Gasteiger charge is -2.22. The molecule has 20 heavy (non-hydrogen) atoms. The van der Waals surface area contributed by atoms with Crippen LogP contribution in [0.3, 0.4) is 0 Å². The van der Waals surface area contributed by atoms with Crippen molar-refractivity contribution in [2.75, 3.05) is 23.7 Å². The maximum absolute atomic E-state index is 11.0. The number of hydrogen-bond donors (Lipinski definition) is 3. The van der Waals surface area contributed by atoms with Gasteiger partial charge in [-0.2, -0.15) is 4.98 Å². The van der Waals surface area contributed by atoms with E-state index >= 15 is 0 Å². The van der Waals surface area contributed by atoms with Crippen LogP contribution in [-0.4, -0.2) is 38.7 Å². The minimum atomic E-state index is -0.794. The first-order valence-electron chi connectivity index (χ1n) is 6.75. The molecule has 0 spiro atoms. The molecule has 0 aromatic carbocycles. The van der Waals surface area contributed by atoms with Crippen LogP contribution in [0.25, 0.3) is 0 Å². The van der Waals surface area contributed by atoms with E-state index in [1.54, 1.807) is 0 Å².